The van der Waals surface area contributed by atoms with Crippen LogP contribution < -0.4 is 0 Å². The number of nitrogens with zero attached hydrogens (tertiary/aromatic N) is 2. The molecule has 2 aromatic rings. The van der Waals surface area contributed by atoms with Gasteiger partial charge in [0.15, 0.2) is 15.0 Å². The number of benzene rings is 1. The van der Waals surface area contributed by atoms with Crippen LogP contribution in [0, 0.1) is 0 Å². The van der Waals surface area contributed by atoms with E-state index in [1.807, 2.05) is 6.07 Å². The molecule has 1 N–H and O–H groups in total. The van der Waals surface area contributed by atoms with Gasteiger partial charge in [0, 0.05) is 18.1 Å². The molecule has 1 aromatic carbocycles. The first-order chi connectivity index (χ1) is 11.2. The van der Waals surface area contributed by atoms with E-state index in [2.05, 4.69) is 9.97 Å². The summed E-state index contributed by atoms with van der Waals surface area (Å²) in [5, 5.41) is 0.892. The number of rotatable bonds is 4. The molecule has 0 bridgehead atoms. The van der Waals surface area contributed by atoms with Crippen molar-refractivity contribution >= 4 is 50.1 Å². The lowest BCUT2D eigenvalue weighted by Crippen LogP contribution is -2.41. The third kappa shape index (κ3) is 3.70. The van der Waals surface area contributed by atoms with Crippen LogP contribution in [0.25, 0.3) is 11.0 Å². The van der Waals surface area contributed by atoms with Gasteiger partial charge in [-0.25, -0.2) is 13.4 Å². The number of sulfone groups is 1. The van der Waals surface area contributed by atoms with E-state index in [4.69, 9.17) is 11.6 Å². The highest BCUT2D eigenvalue weighted by Crippen LogP contribution is 2.27. The van der Waals surface area contributed by atoms with Gasteiger partial charge in [-0.05, 0) is 31.5 Å². The van der Waals surface area contributed by atoms with Crippen molar-refractivity contribution in [3.63, 3.8) is 0 Å². The third-order valence-electron chi connectivity index (χ3n) is 4.16. The minimum atomic E-state index is -3.01. The van der Waals surface area contributed by atoms with Gasteiger partial charge < -0.3 is 9.88 Å². The van der Waals surface area contributed by atoms with Crippen LogP contribution in [0.4, 0.5) is 0 Å². The average molecular weight is 388 g/mol. The Labute approximate surface area is 149 Å². The van der Waals surface area contributed by atoms with Gasteiger partial charge in [-0.2, -0.15) is 0 Å². The first kappa shape index (κ1) is 17.6. The molecule has 0 aliphatic carbocycles. The Morgan fingerprint density at radius 1 is 1.50 bits per heavy atom. The first-order valence-electron chi connectivity index (χ1n) is 7.54. The Kier molecular flexibility index (Phi) is 4.81. The number of hydrogen-bond donors (Lipinski definition) is 1. The molecule has 9 heteroatoms. The molecule has 1 aliphatic rings. The number of carbonyl (C=O) groups is 1. The molecule has 130 valence electrons. The molecule has 2 atom stereocenters. The fourth-order valence-corrected chi connectivity index (χ4v) is 5.65. The topological polar surface area (TPSA) is 83.1 Å². The van der Waals surface area contributed by atoms with Gasteiger partial charge in [0.05, 0.1) is 27.8 Å². The van der Waals surface area contributed by atoms with Gasteiger partial charge in [0.25, 0.3) is 0 Å². The molecule has 1 amide bonds. The summed E-state index contributed by atoms with van der Waals surface area (Å²) in [4.78, 5) is 21.7. The summed E-state index contributed by atoms with van der Waals surface area (Å²) in [6.45, 7) is 1.80. The summed E-state index contributed by atoms with van der Waals surface area (Å²) >= 11 is 7.28. The monoisotopic (exact) mass is 387 g/mol. The molecule has 1 saturated heterocycles. The zero-order chi connectivity index (χ0) is 17.5. The lowest BCUT2D eigenvalue weighted by Gasteiger charge is -2.25. The number of thioether (sulfide) groups is 1. The molecule has 0 spiro atoms. The molecule has 2 heterocycles. The number of nitrogens with one attached hydrogen (secondary N) is 1. The van der Waals surface area contributed by atoms with Gasteiger partial charge in [-0.1, -0.05) is 23.4 Å². The number of aromatic nitrogens is 2. The minimum absolute atomic E-state index is 0.0514. The second-order valence-corrected chi connectivity index (χ2v) is 9.96. The number of carbonyl (C=O) groups excluding carboxylic acids is 1. The highest BCUT2D eigenvalue weighted by molar-refractivity contribution is 8.00. The van der Waals surface area contributed by atoms with Crippen molar-refractivity contribution in [2.24, 2.45) is 0 Å². The van der Waals surface area contributed by atoms with E-state index in [0.29, 0.717) is 16.6 Å². The van der Waals surface area contributed by atoms with Crippen LogP contribution in [-0.2, 0) is 14.6 Å². The van der Waals surface area contributed by atoms with Gasteiger partial charge in [0.1, 0.15) is 0 Å². The first-order valence-corrected chi connectivity index (χ1v) is 10.6. The molecule has 0 radical (unpaired) electrons. The number of halogens is 1. The number of H-pyrrole nitrogens is 1. The fourth-order valence-electron chi connectivity index (χ4n) is 2.78. The van der Waals surface area contributed by atoms with Crippen molar-refractivity contribution in [2.75, 3.05) is 18.6 Å². The third-order valence-corrected chi connectivity index (χ3v) is 7.12. The quantitative estimate of drug-likeness (QED) is 0.814. The predicted octanol–water partition coefficient (Wildman–Crippen LogP) is 2.34. The molecule has 6 nitrogen and oxygen atoms in total. The highest BCUT2D eigenvalue weighted by Gasteiger charge is 2.34. The lowest BCUT2D eigenvalue weighted by molar-refractivity contribution is -0.130. The van der Waals surface area contributed by atoms with E-state index in [0.717, 1.165) is 11.0 Å². The molecule has 0 saturated carbocycles. The van der Waals surface area contributed by atoms with Crippen LogP contribution in [0.1, 0.15) is 13.3 Å². The largest absolute Gasteiger partial charge is 0.341 e. The second-order valence-electron chi connectivity index (χ2n) is 5.97. The van der Waals surface area contributed by atoms with Gasteiger partial charge >= 0.3 is 0 Å². The van der Waals surface area contributed by atoms with Crippen molar-refractivity contribution in [1.82, 2.24) is 14.9 Å². The van der Waals surface area contributed by atoms with Crippen LogP contribution in [-0.4, -0.2) is 59.0 Å². The van der Waals surface area contributed by atoms with Crippen molar-refractivity contribution < 1.29 is 13.2 Å². The van der Waals surface area contributed by atoms with Gasteiger partial charge in [0.2, 0.25) is 5.91 Å². The maximum absolute atomic E-state index is 12.6. The van der Waals surface area contributed by atoms with Crippen LogP contribution in [0.5, 0.6) is 0 Å². The van der Waals surface area contributed by atoms with Crippen LogP contribution in [0.2, 0.25) is 5.02 Å². The highest BCUT2D eigenvalue weighted by atomic mass is 35.5. The smallest absolute Gasteiger partial charge is 0.235 e. The molecule has 1 aromatic heterocycles. The summed E-state index contributed by atoms with van der Waals surface area (Å²) < 4.78 is 23.2. The Balaban J connectivity index is 1.68. The van der Waals surface area contributed by atoms with E-state index in [1.165, 1.54) is 11.8 Å². The summed E-state index contributed by atoms with van der Waals surface area (Å²) in [5.41, 5.74) is 1.61. The van der Waals surface area contributed by atoms with E-state index in [1.54, 1.807) is 31.0 Å². The number of amides is 1. The fraction of sp³-hybridized carbons (Fsp3) is 0.467. The number of hydrogen-bond acceptors (Lipinski definition) is 5. The molecule has 3 rings (SSSR count). The Morgan fingerprint density at radius 3 is 2.92 bits per heavy atom. The standard InChI is InChI=1S/C15H18ClN3O3S2/c1-9(14(20)19(2)11-5-6-24(21,22)8-11)23-15-17-12-4-3-10(16)7-13(12)18-15/h3-4,7,9,11H,5-6,8H2,1-2H3,(H,17,18). The van der Waals surface area contributed by atoms with Crippen LogP contribution in [0.3, 0.4) is 0 Å². The van der Waals surface area contributed by atoms with E-state index in [9.17, 15) is 13.2 Å². The zero-order valence-corrected chi connectivity index (χ0v) is 15.7. The summed E-state index contributed by atoms with van der Waals surface area (Å²) in [6, 6.07) is 5.14. The van der Waals surface area contributed by atoms with Gasteiger partial charge in [-0.3, -0.25) is 4.79 Å². The minimum Gasteiger partial charge on any atom is -0.341 e. The van der Waals surface area contributed by atoms with Crippen molar-refractivity contribution in [3.05, 3.63) is 23.2 Å². The number of fused-ring (bicyclic) bond motifs is 1. The second kappa shape index (κ2) is 6.57. The van der Waals surface area contributed by atoms with Crippen molar-refractivity contribution in [3.8, 4) is 0 Å². The Morgan fingerprint density at radius 2 is 2.25 bits per heavy atom. The zero-order valence-electron chi connectivity index (χ0n) is 13.3. The van der Waals surface area contributed by atoms with Crippen molar-refractivity contribution in [2.45, 2.75) is 29.8 Å². The molecule has 2 unspecified atom stereocenters. The van der Waals surface area contributed by atoms with E-state index < -0.39 is 9.84 Å². The summed E-state index contributed by atoms with van der Waals surface area (Å²) in [6.07, 6.45) is 0.505. The van der Waals surface area contributed by atoms with Crippen LogP contribution in [0.15, 0.2) is 23.4 Å². The Bertz CT molecular complexity index is 881. The van der Waals surface area contributed by atoms with E-state index >= 15 is 0 Å². The average Bonchev–Trinajstić information content (AvgIpc) is 3.07. The van der Waals surface area contributed by atoms with E-state index in [-0.39, 0.29) is 28.7 Å². The summed E-state index contributed by atoms with van der Waals surface area (Å²) in [5.74, 6) is 0.109. The molecular weight excluding hydrogens is 370 g/mol. The molecule has 1 aliphatic heterocycles. The molecule has 1 fully saturated rings. The van der Waals surface area contributed by atoms with Crippen LogP contribution >= 0.6 is 23.4 Å². The maximum Gasteiger partial charge on any atom is 0.235 e. The normalized spacial score (nSPS) is 21.0. The summed E-state index contributed by atoms with van der Waals surface area (Å²) in [7, 11) is -1.34. The number of imidazole rings is 1. The predicted molar refractivity (Wildman–Crippen MR) is 96.3 cm³/mol. The molecular formula is C15H18ClN3O3S2. The number of aromatic amines is 1. The maximum atomic E-state index is 12.6. The Hall–Kier alpha value is -1.25. The van der Waals surface area contributed by atoms with Gasteiger partial charge in [-0.15, -0.1) is 0 Å². The van der Waals surface area contributed by atoms with Crippen molar-refractivity contribution in [1.29, 1.82) is 0 Å². The lowest BCUT2D eigenvalue weighted by atomic mass is 10.2. The molecule has 24 heavy (non-hydrogen) atoms. The SMILES string of the molecule is CC(Sc1nc2ccc(Cl)cc2[nH]1)C(=O)N(C)C1CCS(=O)(=O)C1.